The molecule has 88 valence electrons. The lowest BCUT2D eigenvalue weighted by molar-refractivity contribution is 0.444. The van der Waals surface area contributed by atoms with Crippen molar-refractivity contribution in [3.05, 3.63) is 46.2 Å². The quantitative estimate of drug-likeness (QED) is 0.793. The fourth-order valence-electron chi connectivity index (χ4n) is 2.86. The molecule has 0 atom stereocenters. The normalized spacial score (nSPS) is 17.4. The van der Waals surface area contributed by atoms with Gasteiger partial charge in [-0.2, -0.15) is 0 Å². The van der Waals surface area contributed by atoms with Gasteiger partial charge in [0.05, 0.1) is 0 Å². The minimum absolute atomic E-state index is 0.0251. The Morgan fingerprint density at radius 1 is 1.00 bits per heavy atom. The van der Waals surface area contributed by atoms with E-state index >= 15 is 0 Å². The monoisotopic (exact) mass is 227 g/mol. The SMILES string of the molecule is O=c1ccc2cc(C3CCCCC3)ccc2[nH]1. The van der Waals surface area contributed by atoms with Gasteiger partial charge in [-0.15, -0.1) is 0 Å². The molecular weight excluding hydrogens is 210 g/mol. The van der Waals surface area contributed by atoms with Crippen LogP contribution in [0.4, 0.5) is 0 Å². The van der Waals surface area contributed by atoms with Crippen molar-refractivity contribution < 1.29 is 0 Å². The third-order valence-corrected chi connectivity index (χ3v) is 3.82. The van der Waals surface area contributed by atoms with Crippen LogP contribution in [-0.4, -0.2) is 4.98 Å². The van der Waals surface area contributed by atoms with Crippen molar-refractivity contribution in [1.82, 2.24) is 4.98 Å². The van der Waals surface area contributed by atoms with E-state index in [1.54, 1.807) is 6.07 Å². The van der Waals surface area contributed by atoms with Crippen molar-refractivity contribution in [3.8, 4) is 0 Å². The largest absolute Gasteiger partial charge is 0.322 e. The van der Waals surface area contributed by atoms with Crippen molar-refractivity contribution in [3.63, 3.8) is 0 Å². The smallest absolute Gasteiger partial charge is 0.248 e. The maximum atomic E-state index is 11.2. The second-order valence-electron chi connectivity index (χ2n) is 5.00. The molecule has 1 fully saturated rings. The van der Waals surface area contributed by atoms with Crippen LogP contribution in [0.5, 0.6) is 0 Å². The summed E-state index contributed by atoms with van der Waals surface area (Å²) in [6.45, 7) is 0. The number of hydrogen-bond donors (Lipinski definition) is 1. The van der Waals surface area contributed by atoms with Crippen LogP contribution in [0.3, 0.4) is 0 Å². The number of pyridine rings is 1. The number of nitrogens with one attached hydrogen (secondary N) is 1. The molecule has 0 aliphatic heterocycles. The van der Waals surface area contributed by atoms with Crippen LogP contribution < -0.4 is 5.56 Å². The molecule has 1 aromatic carbocycles. The molecule has 2 nitrogen and oxygen atoms in total. The molecule has 1 N–H and O–H groups in total. The Labute approximate surface area is 101 Å². The molecule has 0 bridgehead atoms. The van der Waals surface area contributed by atoms with Gasteiger partial charge in [-0.25, -0.2) is 0 Å². The number of H-pyrrole nitrogens is 1. The third kappa shape index (κ3) is 2.12. The lowest BCUT2D eigenvalue weighted by atomic mass is 9.84. The fourth-order valence-corrected chi connectivity index (χ4v) is 2.86. The van der Waals surface area contributed by atoms with E-state index in [-0.39, 0.29) is 5.56 Å². The molecule has 0 saturated heterocycles. The summed E-state index contributed by atoms with van der Waals surface area (Å²) in [7, 11) is 0. The van der Waals surface area contributed by atoms with Crippen LogP contribution in [-0.2, 0) is 0 Å². The highest BCUT2D eigenvalue weighted by molar-refractivity contribution is 5.79. The summed E-state index contributed by atoms with van der Waals surface area (Å²) in [5.41, 5.74) is 2.35. The minimum Gasteiger partial charge on any atom is -0.322 e. The maximum absolute atomic E-state index is 11.2. The van der Waals surface area contributed by atoms with Crippen molar-refractivity contribution in [2.75, 3.05) is 0 Å². The molecule has 0 spiro atoms. The van der Waals surface area contributed by atoms with Gasteiger partial charge in [0.25, 0.3) is 0 Å². The van der Waals surface area contributed by atoms with E-state index in [4.69, 9.17) is 0 Å². The first-order valence-electron chi connectivity index (χ1n) is 6.46. The zero-order valence-electron chi connectivity index (χ0n) is 9.91. The second-order valence-corrected chi connectivity index (χ2v) is 5.00. The van der Waals surface area contributed by atoms with Crippen LogP contribution in [0, 0.1) is 0 Å². The second kappa shape index (κ2) is 4.36. The predicted molar refractivity (Wildman–Crippen MR) is 70.4 cm³/mol. The van der Waals surface area contributed by atoms with Crippen molar-refractivity contribution >= 4 is 10.9 Å². The van der Waals surface area contributed by atoms with Gasteiger partial charge in [0.2, 0.25) is 5.56 Å². The lowest BCUT2D eigenvalue weighted by Gasteiger charge is -2.22. The van der Waals surface area contributed by atoms with E-state index in [9.17, 15) is 4.79 Å². The average Bonchev–Trinajstić information content (AvgIpc) is 2.39. The number of benzene rings is 1. The van der Waals surface area contributed by atoms with Gasteiger partial charge in [0.1, 0.15) is 0 Å². The molecule has 2 heteroatoms. The number of hydrogen-bond acceptors (Lipinski definition) is 1. The standard InChI is InChI=1S/C15H17NO/c17-15-9-7-13-10-12(6-8-14(13)16-15)11-4-2-1-3-5-11/h6-11H,1-5H2,(H,16,17). The Hall–Kier alpha value is -1.57. The first kappa shape index (κ1) is 10.6. The molecule has 0 unspecified atom stereocenters. The summed E-state index contributed by atoms with van der Waals surface area (Å²) in [6, 6.07) is 9.98. The van der Waals surface area contributed by atoms with E-state index in [0.717, 1.165) is 16.8 Å². The van der Waals surface area contributed by atoms with Crippen LogP contribution in [0.25, 0.3) is 10.9 Å². The van der Waals surface area contributed by atoms with Crippen molar-refractivity contribution in [2.24, 2.45) is 0 Å². The molecule has 0 radical (unpaired) electrons. The first-order valence-corrected chi connectivity index (χ1v) is 6.46. The molecule has 1 aromatic heterocycles. The third-order valence-electron chi connectivity index (χ3n) is 3.82. The van der Waals surface area contributed by atoms with Crippen LogP contribution in [0.1, 0.15) is 43.6 Å². The topological polar surface area (TPSA) is 32.9 Å². The predicted octanol–water partition coefficient (Wildman–Crippen LogP) is 3.58. The lowest BCUT2D eigenvalue weighted by Crippen LogP contribution is -2.06. The van der Waals surface area contributed by atoms with Crippen LogP contribution in [0.15, 0.2) is 35.1 Å². The Kier molecular flexibility index (Phi) is 2.71. The zero-order chi connectivity index (χ0) is 11.7. The summed E-state index contributed by atoms with van der Waals surface area (Å²) in [5.74, 6) is 0.722. The number of aromatic nitrogens is 1. The molecule has 2 aromatic rings. The Bertz CT molecular complexity index is 579. The average molecular weight is 227 g/mol. The van der Waals surface area contributed by atoms with Gasteiger partial charge < -0.3 is 4.98 Å². The number of aromatic amines is 1. The van der Waals surface area contributed by atoms with E-state index in [1.807, 2.05) is 12.1 Å². The first-order chi connectivity index (χ1) is 8.33. The summed E-state index contributed by atoms with van der Waals surface area (Å²) in [5, 5.41) is 1.15. The van der Waals surface area contributed by atoms with Crippen molar-refractivity contribution in [2.45, 2.75) is 38.0 Å². The maximum Gasteiger partial charge on any atom is 0.248 e. The van der Waals surface area contributed by atoms with Crippen LogP contribution in [0.2, 0.25) is 0 Å². The molecule has 17 heavy (non-hydrogen) atoms. The highest BCUT2D eigenvalue weighted by Gasteiger charge is 2.15. The number of rotatable bonds is 1. The van der Waals surface area contributed by atoms with Crippen LogP contribution >= 0.6 is 0 Å². The molecule has 1 saturated carbocycles. The molecule has 1 aliphatic rings. The minimum atomic E-state index is -0.0251. The van der Waals surface area contributed by atoms with Gasteiger partial charge in [-0.05, 0) is 47.9 Å². The summed E-state index contributed by atoms with van der Waals surface area (Å²) in [4.78, 5) is 14.1. The molecule has 0 amide bonds. The van der Waals surface area contributed by atoms with E-state index in [2.05, 4.69) is 17.1 Å². The molecule has 1 heterocycles. The zero-order valence-corrected chi connectivity index (χ0v) is 9.91. The molecular formula is C15H17NO. The number of fused-ring (bicyclic) bond motifs is 1. The Morgan fingerprint density at radius 2 is 1.82 bits per heavy atom. The van der Waals surface area contributed by atoms with E-state index in [0.29, 0.717) is 0 Å². The van der Waals surface area contributed by atoms with Gasteiger partial charge >= 0.3 is 0 Å². The van der Waals surface area contributed by atoms with Gasteiger partial charge in [-0.3, -0.25) is 4.79 Å². The summed E-state index contributed by atoms with van der Waals surface area (Å²) >= 11 is 0. The highest BCUT2D eigenvalue weighted by Crippen LogP contribution is 2.33. The Balaban J connectivity index is 2.01. The van der Waals surface area contributed by atoms with E-state index < -0.39 is 0 Å². The highest BCUT2D eigenvalue weighted by atomic mass is 16.1. The van der Waals surface area contributed by atoms with Gasteiger partial charge in [-0.1, -0.05) is 25.3 Å². The summed E-state index contributed by atoms with van der Waals surface area (Å²) < 4.78 is 0. The molecule has 1 aliphatic carbocycles. The van der Waals surface area contributed by atoms with Gasteiger partial charge in [0.15, 0.2) is 0 Å². The van der Waals surface area contributed by atoms with Gasteiger partial charge in [0, 0.05) is 11.6 Å². The summed E-state index contributed by atoms with van der Waals surface area (Å²) in [6.07, 6.45) is 6.73. The fraction of sp³-hybridized carbons (Fsp3) is 0.400. The van der Waals surface area contributed by atoms with Crippen molar-refractivity contribution in [1.29, 1.82) is 0 Å². The van der Waals surface area contributed by atoms with E-state index in [1.165, 1.54) is 37.7 Å². The molecule has 3 rings (SSSR count). The Morgan fingerprint density at radius 3 is 2.65 bits per heavy atom.